The van der Waals surface area contributed by atoms with E-state index in [1.54, 1.807) is 12.1 Å². The zero-order chi connectivity index (χ0) is 22.4. The molecule has 3 rings (SSSR count). The first-order chi connectivity index (χ1) is 14.9. The molecule has 0 atom stereocenters. The Balaban J connectivity index is 1.53. The summed E-state index contributed by atoms with van der Waals surface area (Å²) in [6, 6.07) is 8.54. The first-order valence-corrected chi connectivity index (χ1v) is 11.4. The number of carbonyl (C=O) groups is 2. The van der Waals surface area contributed by atoms with Crippen LogP contribution in [-0.2, 0) is 20.1 Å². The predicted molar refractivity (Wildman–Crippen MR) is 118 cm³/mol. The number of amides is 1. The quantitative estimate of drug-likeness (QED) is 0.601. The van der Waals surface area contributed by atoms with E-state index in [1.165, 1.54) is 23.9 Å². The van der Waals surface area contributed by atoms with Gasteiger partial charge in [-0.1, -0.05) is 25.0 Å². The number of hydrogen-bond donors (Lipinski definition) is 1. The maximum absolute atomic E-state index is 12.9. The van der Waals surface area contributed by atoms with E-state index < -0.39 is 18.5 Å². The van der Waals surface area contributed by atoms with Crippen molar-refractivity contribution in [2.24, 2.45) is 0 Å². The minimum absolute atomic E-state index is 0.0881. The number of esters is 1. The summed E-state index contributed by atoms with van der Waals surface area (Å²) in [5, 5.41) is 12.4. The van der Waals surface area contributed by atoms with E-state index in [2.05, 4.69) is 16.0 Å². The number of nitrogens with one attached hydrogen (secondary N) is 1. The minimum Gasteiger partial charge on any atom is -0.455 e. The summed E-state index contributed by atoms with van der Waals surface area (Å²) in [4.78, 5) is 24.4. The molecule has 1 aliphatic rings. The van der Waals surface area contributed by atoms with Gasteiger partial charge in [-0.05, 0) is 49.9 Å². The van der Waals surface area contributed by atoms with Gasteiger partial charge in [-0.15, -0.1) is 11.8 Å². The third-order valence-corrected chi connectivity index (χ3v) is 6.56. The van der Waals surface area contributed by atoms with Crippen LogP contribution in [0.1, 0.15) is 54.1 Å². The monoisotopic (exact) mass is 443 g/mol. The van der Waals surface area contributed by atoms with E-state index in [9.17, 15) is 19.2 Å². The molecular formula is C23H26FN3O3S. The van der Waals surface area contributed by atoms with Gasteiger partial charge in [0.15, 0.2) is 6.61 Å². The molecule has 0 saturated heterocycles. The molecule has 0 radical (unpaired) electrons. The summed E-state index contributed by atoms with van der Waals surface area (Å²) in [6.45, 7) is 3.44. The smallest absolute Gasteiger partial charge is 0.316 e. The first-order valence-electron chi connectivity index (χ1n) is 10.3. The SMILES string of the molecule is Cc1c(C#N)c(NC(=O)COC(=O)CSCc2ccc(F)cc2)n(C2CCCC2)c1C. The third kappa shape index (κ3) is 5.67. The van der Waals surface area contributed by atoms with Crippen LogP contribution >= 0.6 is 11.8 Å². The van der Waals surface area contributed by atoms with Crippen molar-refractivity contribution in [2.45, 2.75) is 51.3 Å². The van der Waals surface area contributed by atoms with Gasteiger partial charge in [-0.2, -0.15) is 5.26 Å². The zero-order valence-electron chi connectivity index (χ0n) is 17.7. The van der Waals surface area contributed by atoms with Crippen LogP contribution in [0.4, 0.5) is 10.2 Å². The lowest BCUT2D eigenvalue weighted by molar-refractivity contribution is -0.144. The molecule has 8 heteroatoms. The van der Waals surface area contributed by atoms with Crippen LogP contribution in [0.2, 0.25) is 0 Å². The van der Waals surface area contributed by atoms with Gasteiger partial charge >= 0.3 is 5.97 Å². The molecule has 31 heavy (non-hydrogen) atoms. The van der Waals surface area contributed by atoms with E-state index in [1.807, 2.05) is 13.8 Å². The van der Waals surface area contributed by atoms with E-state index in [0.717, 1.165) is 42.5 Å². The maximum Gasteiger partial charge on any atom is 0.316 e. The fourth-order valence-electron chi connectivity index (χ4n) is 3.89. The zero-order valence-corrected chi connectivity index (χ0v) is 18.6. The second-order valence-electron chi connectivity index (χ2n) is 7.68. The predicted octanol–water partition coefficient (Wildman–Crippen LogP) is 4.65. The largest absolute Gasteiger partial charge is 0.455 e. The van der Waals surface area contributed by atoms with Gasteiger partial charge in [-0.3, -0.25) is 9.59 Å². The summed E-state index contributed by atoms with van der Waals surface area (Å²) in [5.41, 5.74) is 3.20. The Morgan fingerprint density at radius 1 is 1.26 bits per heavy atom. The summed E-state index contributed by atoms with van der Waals surface area (Å²) >= 11 is 1.33. The molecule has 0 unspecified atom stereocenters. The van der Waals surface area contributed by atoms with Crippen LogP contribution in [0, 0.1) is 31.0 Å². The number of ether oxygens (including phenoxy) is 1. The summed E-state index contributed by atoms with van der Waals surface area (Å²) in [6.07, 6.45) is 4.29. The second kappa shape index (κ2) is 10.5. The Bertz CT molecular complexity index is 989. The fraction of sp³-hybridized carbons (Fsp3) is 0.435. The average molecular weight is 444 g/mol. The molecule has 1 heterocycles. The highest BCUT2D eigenvalue weighted by atomic mass is 32.2. The molecule has 6 nitrogen and oxygen atoms in total. The lowest BCUT2D eigenvalue weighted by Crippen LogP contribution is -2.24. The minimum atomic E-state index is -0.499. The van der Waals surface area contributed by atoms with Crippen LogP contribution in [0.15, 0.2) is 24.3 Å². The molecule has 0 bridgehead atoms. The number of carbonyl (C=O) groups excluding carboxylic acids is 2. The van der Waals surface area contributed by atoms with Crippen molar-refractivity contribution in [1.29, 1.82) is 5.26 Å². The van der Waals surface area contributed by atoms with Crippen molar-refractivity contribution in [3.63, 3.8) is 0 Å². The number of benzene rings is 1. The highest BCUT2D eigenvalue weighted by Gasteiger charge is 2.26. The van der Waals surface area contributed by atoms with Gasteiger partial charge in [-0.25, -0.2) is 4.39 Å². The summed E-state index contributed by atoms with van der Waals surface area (Å²) in [5.74, 6) is -0.142. The highest BCUT2D eigenvalue weighted by molar-refractivity contribution is 7.99. The number of rotatable bonds is 8. The standard InChI is InChI=1S/C23H26FN3O3S/c1-15-16(2)27(19-5-3-4-6-19)23(20(15)11-25)26-21(28)12-30-22(29)14-31-13-17-7-9-18(24)10-8-17/h7-10,19H,3-6,12-14H2,1-2H3,(H,26,28). The molecule has 1 saturated carbocycles. The number of halogens is 1. The topological polar surface area (TPSA) is 84.1 Å². The molecule has 1 amide bonds. The highest BCUT2D eigenvalue weighted by Crippen LogP contribution is 2.37. The maximum atomic E-state index is 12.9. The molecule has 0 spiro atoms. The van der Waals surface area contributed by atoms with Gasteiger partial charge in [0.25, 0.3) is 5.91 Å². The molecular weight excluding hydrogens is 417 g/mol. The fourth-order valence-corrected chi connectivity index (χ4v) is 4.67. The van der Waals surface area contributed by atoms with Crippen LogP contribution in [0.5, 0.6) is 0 Å². The van der Waals surface area contributed by atoms with Crippen LogP contribution in [0.3, 0.4) is 0 Å². The normalized spacial score (nSPS) is 13.7. The molecule has 1 aromatic carbocycles. The van der Waals surface area contributed by atoms with Crippen LogP contribution in [-0.4, -0.2) is 28.8 Å². The van der Waals surface area contributed by atoms with Gasteiger partial charge in [0.05, 0.1) is 11.3 Å². The lowest BCUT2D eigenvalue weighted by atomic mass is 10.2. The van der Waals surface area contributed by atoms with E-state index in [-0.39, 0.29) is 17.6 Å². The molecule has 1 fully saturated rings. The Morgan fingerprint density at radius 2 is 1.94 bits per heavy atom. The Labute approximate surface area is 185 Å². The number of aromatic nitrogens is 1. The summed E-state index contributed by atoms with van der Waals surface area (Å²) < 4.78 is 20.1. The van der Waals surface area contributed by atoms with Crippen molar-refractivity contribution in [1.82, 2.24) is 4.57 Å². The van der Waals surface area contributed by atoms with Gasteiger partial charge in [0.2, 0.25) is 0 Å². The Kier molecular flexibility index (Phi) is 7.75. The average Bonchev–Trinajstić information content (AvgIpc) is 3.35. The molecule has 1 aromatic heterocycles. The van der Waals surface area contributed by atoms with Crippen molar-refractivity contribution in [2.75, 3.05) is 17.7 Å². The molecule has 1 aliphatic carbocycles. The molecule has 0 aliphatic heterocycles. The van der Waals surface area contributed by atoms with Gasteiger partial charge in [0.1, 0.15) is 17.7 Å². The number of nitrogens with zero attached hydrogens (tertiary/aromatic N) is 2. The number of thioether (sulfide) groups is 1. The number of hydrogen-bond acceptors (Lipinski definition) is 5. The third-order valence-electron chi connectivity index (χ3n) is 5.58. The lowest BCUT2D eigenvalue weighted by Gasteiger charge is -2.19. The number of nitriles is 1. The van der Waals surface area contributed by atoms with Crippen molar-refractivity contribution >= 4 is 29.5 Å². The van der Waals surface area contributed by atoms with Gasteiger partial charge in [0, 0.05) is 17.5 Å². The number of anilines is 1. The van der Waals surface area contributed by atoms with Crippen LogP contribution < -0.4 is 5.32 Å². The van der Waals surface area contributed by atoms with E-state index >= 15 is 0 Å². The second-order valence-corrected chi connectivity index (χ2v) is 8.67. The molecule has 2 aromatic rings. The van der Waals surface area contributed by atoms with E-state index in [0.29, 0.717) is 17.1 Å². The van der Waals surface area contributed by atoms with Crippen molar-refractivity contribution < 1.29 is 18.7 Å². The first kappa shape index (κ1) is 22.9. The van der Waals surface area contributed by atoms with E-state index in [4.69, 9.17) is 4.74 Å². The molecule has 164 valence electrons. The van der Waals surface area contributed by atoms with Crippen LogP contribution in [0.25, 0.3) is 0 Å². The molecule has 1 N–H and O–H groups in total. The summed E-state index contributed by atoms with van der Waals surface area (Å²) in [7, 11) is 0. The Morgan fingerprint density at radius 3 is 2.58 bits per heavy atom. The van der Waals surface area contributed by atoms with Crippen molar-refractivity contribution in [3.05, 3.63) is 52.5 Å². The van der Waals surface area contributed by atoms with Crippen molar-refractivity contribution in [3.8, 4) is 6.07 Å². The van der Waals surface area contributed by atoms with Gasteiger partial charge < -0.3 is 14.6 Å². The Hall–Kier alpha value is -2.79.